The molecule has 4 heteroatoms. The molecule has 0 spiro atoms. The second kappa shape index (κ2) is 8.39. The molecule has 0 aliphatic heterocycles. The van der Waals surface area contributed by atoms with Crippen molar-refractivity contribution in [3.8, 4) is 11.5 Å². The van der Waals surface area contributed by atoms with E-state index in [0.29, 0.717) is 6.42 Å². The van der Waals surface area contributed by atoms with Crippen molar-refractivity contribution < 1.29 is 14.6 Å². The van der Waals surface area contributed by atoms with Crippen LogP contribution in [-0.4, -0.2) is 30.4 Å². The number of pyridine rings is 1. The van der Waals surface area contributed by atoms with Gasteiger partial charge in [-0.25, -0.2) is 0 Å². The fourth-order valence-electron chi connectivity index (χ4n) is 2.47. The summed E-state index contributed by atoms with van der Waals surface area (Å²) in [6, 6.07) is 9.83. The Morgan fingerprint density at radius 2 is 1.91 bits per heavy atom. The van der Waals surface area contributed by atoms with Gasteiger partial charge in [0.25, 0.3) is 0 Å². The summed E-state index contributed by atoms with van der Waals surface area (Å²) in [6.07, 6.45) is 6.47. The lowest BCUT2D eigenvalue weighted by Gasteiger charge is -2.12. The zero-order valence-electron chi connectivity index (χ0n) is 13.2. The largest absolute Gasteiger partial charge is 0.493 e. The normalized spacial score (nSPS) is 12.0. The Balaban J connectivity index is 1.81. The third kappa shape index (κ3) is 4.74. The number of hydrogen-bond donors (Lipinski definition) is 1. The Labute approximate surface area is 131 Å². The molecule has 1 aromatic heterocycles. The zero-order chi connectivity index (χ0) is 15.8. The Hall–Kier alpha value is -2.07. The number of aromatic nitrogens is 1. The molecule has 0 fully saturated rings. The van der Waals surface area contributed by atoms with E-state index in [9.17, 15) is 5.11 Å². The van der Waals surface area contributed by atoms with E-state index in [4.69, 9.17) is 9.47 Å². The van der Waals surface area contributed by atoms with E-state index < -0.39 is 0 Å². The van der Waals surface area contributed by atoms with Gasteiger partial charge < -0.3 is 14.6 Å². The first-order valence-electron chi connectivity index (χ1n) is 7.50. The van der Waals surface area contributed by atoms with Crippen LogP contribution in [0.3, 0.4) is 0 Å². The number of rotatable bonds is 8. The van der Waals surface area contributed by atoms with Crippen LogP contribution < -0.4 is 9.47 Å². The SMILES string of the molecule is COc1ccc(CCCC(O)Cc2cccnc2)cc1OC. The molecule has 0 radical (unpaired) electrons. The van der Waals surface area contributed by atoms with E-state index in [1.54, 1.807) is 26.6 Å². The number of nitrogens with zero attached hydrogens (tertiary/aromatic N) is 1. The number of aryl methyl sites for hydroxylation is 1. The van der Waals surface area contributed by atoms with Crippen LogP contribution in [0.15, 0.2) is 42.7 Å². The standard InChI is InChI=1S/C18H23NO3/c1-21-17-9-8-14(12-18(17)22-2)5-3-7-16(20)11-15-6-4-10-19-13-15/h4,6,8-10,12-13,16,20H,3,5,7,11H2,1-2H3. The molecule has 1 unspecified atom stereocenters. The molecule has 0 saturated heterocycles. The van der Waals surface area contributed by atoms with Crippen LogP contribution in [0.2, 0.25) is 0 Å². The number of aliphatic hydroxyl groups is 1. The molecular weight excluding hydrogens is 278 g/mol. The smallest absolute Gasteiger partial charge is 0.160 e. The van der Waals surface area contributed by atoms with Crippen LogP contribution >= 0.6 is 0 Å². The second-order valence-corrected chi connectivity index (χ2v) is 5.30. The van der Waals surface area contributed by atoms with E-state index in [1.165, 1.54) is 5.56 Å². The molecular formula is C18H23NO3. The molecule has 1 aromatic carbocycles. The van der Waals surface area contributed by atoms with Crippen molar-refractivity contribution in [1.82, 2.24) is 4.98 Å². The molecule has 2 rings (SSSR count). The molecule has 0 aliphatic rings. The van der Waals surface area contributed by atoms with Gasteiger partial charge in [0.15, 0.2) is 11.5 Å². The van der Waals surface area contributed by atoms with Gasteiger partial charge in [0, 0.05) is 12.4 Å². The lowest BCUT2D eigenvalue weighted by molar-refractivity contribution is 0.162. The second-order valence-electron chi connectivity index (χ2n) is 5.30. The fourth-order valence-corrected chi connectivity index (χ4v) is 2.47. The number of methoxy groups -OCH3 is 2. The summed E-state index contributed by atoms with van der Waals surface area (Å²) in [5.74, 6) is 1.48. The highest BCUT2D eigenvalue weighted by Gasteiger charge is 2.08. The molecule has 118 valence electrons. The first-order chi connectivity index (χ1) is 10.7. The van der Waals surface area contributed by atoms with Gasteiger partial charge in [-0.1, -0.05) is 12.1 Å². The third-order valence-electron chi connectivity index (χ3n) is 3.64. The number of hydrogen-bond acceptors (Lipinski definition) is 4. The van der Waals surface area contributed by atoms with Crippen molar-refractivity contribution in [2.24, 2.45) is 0 Å². The molecule has 0 aliphatic carbocycles. The number of ether oxygens (including phenoxy) is 2. The summed E-state index contributed by atoms with van der Waals surface area (Å²) in [5.41, 5.74) is 2.26. The molecule has 0 amide bonds. The van der Waals surface area contributed by atoms with Crippen LogP contribution in [0.4, 0.5) is 0 Å². The van der Waals surface area contributed by atoms with Crippen LogP contribution in [0.25, 0.3) is 0 Å². The highest BCUT2D eigenvalue weighted by atomic mass is 16.5. The molecule has 22 heavy (non-hydrogen) atoms. The lowest BCUT2D eigenvalue weighted by Crippen LogP contribution is -2.10. The number of aliphatic hydroxyl groups excluding tert-OH is 1. The monoisotopic (exact) mass is 301 g/mol. The highest BCUT2D eigenvalue weighted by molar-refractivity contribution is 5.42. The van der Waals surface area contributed by atoms with Crippen LogP contribution in [-0.2, 0) is 12.8 Å². The fraction of sp³-hybridized carbons (Fsp3) is 0.389. The minimum Gasteiger partial charge on any atom is -0.493 e. The summed E-state index contributed by atoms with van der Waals surface area (Å²) < 4.78 is 10.5. The summed E-state index contributed by atoms with van der Waals surface area (Å²) >= 11 is 0. The molecule has 4 nitrogen and oxygen atoms in total. The van der Waals surface area contributed by atoms with Crippen molar-refractivity contribution in [3.63, 3.8) is 0 Å². The Morgan fingerprint density at radius 3 is 2.59 bits per heavy atom. The van der Waals surface area contributed by atoms with E-state index >= 15 is 0 Å². The Kier molecular flexibility index (Phi) is 6.22. The minimum atomic E-state index is -0.329. The van der Waals surface area contributed by atoms with Gasteiger partial charge in [0.2, 0.25) is 0 Å². The van der Waals surface area contributed by atoms with Gasteiger partial charge in [0.1, 0.15) is 0 Å². The van der Waals surface area contributed by atoms with Crippen molar-refractivity contribution in [1.29, 1.82) is 0 Å². The van der Waals surface area contributed by atoms with Crippen LogP contribution in [0.5, 0.6) is 11.5 Å². The van der Waals surface area contributed by atoms with Crippen LogP contribution in [0.1, 0.15) is 24.0 Å². The number of benzene rings is 1. The van der Waals surface area contributed by atoms with Crippen molar-refractivity contribution in [2.45, 2.75) is 31.8 Å². The van der Waals surface area contributed by atoms with Crippen molar-refractivity contribution in [3.05, 3.63) is 53.9 Å². The van der Waals surface area contributed by atoms with Crippen molar-refractivity contribution in [2.75, 3.05) is 14.2 Å². The molecule has 1 atom stereocenters. The molecule has 1 N–H and O–H groups in total. The summed E-state index contributed by atoms with van der Waals surface area (Å²) in [7, 11) is 3.27. The first kappa shape index (κ1) is 16.3. The van der Waals surface area contributed by atoms with Crippen molar-refractivity contribution >= 4 is 0 Å². The van der Waals surface area contributed by atoms with Crippen LogP contribution in [0, 0.1) is 0 Å². The average Bonchev–Trinajstić information content (AvgIpc) is 2.55. The molecule has 0 bridgehead atoms. The Morgan fingerprint density at radius 1 is 1.09 bits per heavy atom. The lowest BCUT2D eigenvalue weighted by atomic mass is 10.0. The first-order valence-corrected chi connectivity index (χ1v) is 7.50. The summed E-state index contributed by atoms with van der Waals surface area (Å²) in [4.78, 5) is 4.06. The van der Waals surface area contributed by atoms with Gasteiger partial charge in [-0.15, -0.1) is 0 Å². The molecule has 1 heterocycles. The molecule has 2 aromatic rings. The van der Waals surface area contributed by atoms with E-state index in [1.807, 2.05) is 30.3 Å². The summed E-state index contributed by atoms with van der Waals surface area (Å²) in [5, 5.41) is 10.1. The predicted molar refractivity (Wildman–Crippen MR) is 86.4 cm³/mol. The maximum Gasteiger partial charge on any atom is 0.160 e. The zero-order valence-corrected chi connectivity index (χ0v) is 13.2. The quantitative estimate of drug-likeness (QED) is 0.814. The van der Waals surface area contributed by atoms with Gasteiger partial charge in [0.05, 0.1) is 20.3 Å². The van der Waals surface area contributed by atoms with Gasteiger partial charge >= 0.3 is 0 Å². The van der Waals surface area contributed by atoms with Gasteiger partial charge in [-0.2, -0.15) is 0 Å². The summed E-state index contributed by atoms with van der Waals surface area (Å²) in [6.45, 7) is 0. The Bertz CT molecular complexity index is 572. The highest BCUT2D eigenvalue weighted by Crippen LogP contribution is 2.28. The van der Waals surface area contributed by atoms with Gasteiger partial charge in [-0.05, 0) is 55.0 Å². The minimum absolute atomic E-state index is 0.329. The predicted octanol–water partition coefficient (Wildman–Crippen LogP) is 3.03. The maximum atomic E-state index is 10.1. The third-order valence-corrected chi connectivity index (χ3v) is 3.64. The van der Waals surface area contributed by atoms with E-state index in [-0.39, 0.29) is 6.10 Å². The van der Waals surface area contributed by atoms with Gasteiger partial charge in [-0.3, -0.25) is 4.98 Å². The van der Waals surface area contributed by atoms with E-state index in [0.717, 1.165) is 36.3 Å². The average molecular weight is 301 g/mol. The van der Waals surface area contributed by atoms with E-state index in [2.05, 4.69) is 4.98 Å². The topological polar surface area (TPSA) is 51.6 Å². The molecule has 0 saturated carbocycles. The maximum absolute atomic E-state index is 10.1.